The van der Waals surface area contributed by atoms with Crippen LogP contribution in [0, 0.1) is 0 Å². The molecule has 0 N–H and O–H groups in total. The summed E-state index contributed by atoms with van der Waals surface area (Å²) < 4.78 is 6.23. The van der Waals surface area contributed by atoms with Gasteiger partial charge in [0.2, 0.25) is 0 Å². The zero-order valence-electron chi connectivity index (χ0n) is 20.6. The van der Waals surface area contributed by atoms with E-state index in [0.29, 0.717) is 0 Å². The van der Waals surface area contributed by atoms with Gasteiger partial charge in [-0.05, 0) is 70.4 Å². The molecule has 0 spiro atoms. The van der Waals surface area contributed by atoms with Crippen LogP contribution in [0.5, 0.6) is 0 Å². The van der Waals surface area contributed by atoms with Crippen LogP contribution < -0.4 is 10.4 Å². The highest BCUT2D eigenvalue weighted by molar-refractivity contribution is 6.33. The molecule has 0 unspecified atom stereocenters. The third kappa shape index (κ3) is 3.86. The zero-order chi connectivity index (χ0) is 24.8. The van der Waals surface area contributed by atoms with Crippen LogP contribution in [0.25, 0.3) is 43.8 Å². The van der Waals surface area contributed by atoms with Gasteiger partial charge in [0.15, 0.2) is 0 Å². The predicted octanol–water partition coefficient (Wildman–Crippen LogP) is 8.13. The van der Waals surface area contributed by atoms with E-state index >= 15 is 0 Å². The van der Waals surface area contributed by atoms with Crippen molar-refractivity contribution in [1.82, 2.24) is 0 Å². The molecular weight excluding hydrogens is 449 g/mol. The van der Waals surface area contributed by atoms with Crippen LogP contribution in [0.4, 0.5) is 17.1 Å². The van der Waals surface area contributed by atoms with Gasteiger partial charge < -0.3 is 9.32 Å². The van der Waals surface area contributed by atoms with Crippen LogP contribution in [0.15, 0.2) is 138 Å². The van der Waals surface area contributed by atoms with Crippen molar-refractivity contribution in [2.24, 2.45) is 0 Å². The lowest BCUT2D eigenvalue weighted by atomic mass is 9.92. The van der Waals surface area contributed by atoms with E-state index in [1.807, 2.05) is 12.1 Å². The molecule has 174 valence electrons. The van der Waals surface area contributed by atoms with Gasteiger partial charge in [-0.2, -0.15) is 0 Å². The van der Waals surface area contributed by atoms with Crippen LogP contribution in [-0.2, 0) is 0 Å². The van der Waals surface area contributed by atoms with Crippen molar-refractivity contribution in [2.45, 2.75) is 0 Å². The molecule has 1 heterocycles. The van der Waals surface area contributed by atoms with Crippen LogP contribution in [0.2, 0.25) is 0 Å². The second kappa shape index (κ2) is 8.72. The Hall–Kier alpha value is -4.76. The van der Waals surface area contributed by atoms with E-state index in [-0.39, 0.29) is 0 Å². The van der Waals surface area contributed by atoms with Crippen LogP contribution >= 0.6 is 0 Å². The van der Waals surface area contributed by atoms with E-state index in [4.69, 9.17) is 4.42 Å². The number of hydrogen-bond acceptors (Lipinski definition) is 2. The molecule has 0 atom stereocenters. The zero-order valence-corrected chi connectivity index (χ0v) is 20.6. The first-order valence-electron chi connectivity index (χ1n) is 12.6. The highest BCUT2D eigenvalue weighted by Gasteiger charge is 2.16. The standard InChI is InChI=1S/C34H24BNO/c35-27-16-15-25-19-24(13-14-26(25)20-27)23-7-6-10-29(21-23)36(28-8-2-1-3-9-28)30-17-18-32-31-11-4-5-12-33(31)37-34(32)22-30/h1-22H,35H2. The monoisotopic (exact) mass is 473 g/mol. The van der Waals surface area contributed by atoms with Crippen molar-refractivity contribution < 1.29 is 4.42 Å². The molecule has 6 aromatic carbocycles. The first-order chi connectivity index (χ1) is 18.2. The Morgan fingerprint density at radius 1 is 0.459 bits per heavy atom. The van der Waals surface area contributed by atoms with Gasteiger partial charge in [0.25, 0.3) is 0 Å². The van der Waals surface area contributed by atoms with E-state index in [0.717, 1.165) is 39.0 Å². The largest absolute Gasteiger partial charge is 0.456 e. The molecule has 0 aliphatic carbocycles. The summed E-state index contributed by atoms with van der Waals surface area (Å²) in [5.74, 6) is 0. The second-order valence-corrected chi connectivity index (χ2v) is 9.57. The van der Waals surface area contributed by atoms with Crippen molar-refractivity contribution in [1.29, 1.82) is 0 Å². The Balaban J connectivity index is 1.37. The summed E-state index contributed by atoms with van der Waals surface area (Å²) in [6.07, 6.45) is 0. The maximum Gasteiger partial charge on any atom is 0.139 e. The third-order valence-electron chi connectivity index (χ3n) is 7.07. The van der Waals surface area contributed by atoms with Crippen molar-refractivity contribution >= 4 is 63.1 Å². The molecule has 0 saturated carbocycles. The average molecular weight is 473 g/mol. The predicted molar refractivity (Wildman–Crippen MR) is 160 cm³/mol. The minimum Gasteiger partial charge on any atom is -0.456 e. The summed E-state index contributed by atoms with van der Waals surface area (Å²) in [7, 11) is 2.14. The summed E-state index contributed by atoms with van der Waals surface area (Å²) in [5, 5.41) is 4.80. The minimum absolute atomic E-state index is 0.889. The molecule has 0 amide bonds. The fourth-order valence-electron chi connectivity index (χ4n) is 5.25. The van der Waals surface area contributed by atoms with Crippen molar-refractivity contribution in [3.8, 4) is 11.1 Å². The first-order valence-corrected chi connectivity index (χ1v) is 12.6. The molecule has 37 heavy (non-hydrogen) atoms. The number of fused-ring (bicyclic) bond motifs is 4. The molecule has 0 aliphatic rings. The molecule has 1 aromatic heterocycles. The maximum atomic E-state index is 6.23. The summed E-state index contributed by atoms with van der Waals surface area (Å²) in [5.41, 5.74) is 8.73. The molecule has 7 rings (SSSR count). The third-order valence-corrected chi connectivity index (χ3v) is 7.07. The van der Waals surface area contributed by atoms with Gasteiger partial charge >= 0.3 is 0 Å². The lowest BCUT2D eigenvalue weighted by molar-refractivity contribution is 0.669. The number of anilines is 3. The van der Waals surface area contributed by atoms with E-state index < -0.39 is 0 Å². The van der Waals surface area contributed by atoms with E-state index in [9.17, 15) is 0 Å². The Bertz CT molecular complexity index is 1900. The van der Waals surface area contributed by atoms with E-state index in [1.54, 1.807) is 0 Å². The highest BCUT2D eigenvalue weighted by atomic mass is 16.3. The van der Waals surface area contributed by atoms with Crippen molar-refractivity contribution in [2.75, 3.05) is 4.90 Å². The molecule has 0 fully saturated rings. The minimum atomic E-state index is 0.889. The van der Waals surface area contributed by atoms with Crippen LogP contribution in [-0.4, -0.2) is 7.85 Å². The Kier molecular flexibility index (Phi) is 5.07. The fraction of sp³-hybridized carbons (Fsp3) is 0. The molecule has 2 nitrogen and oxygen atoms in total. The topological polar surface area (TPSA) is 16.4 Å². The van der Waals surface area contributed by atoms with E-state index in [1.165, 1.54) is 27.4 Å². The molecule has 7 aromatic rings. The van der Waals surface area contributed by atoms with Crippen LogP contribution in [0.1, 0.15) is 0 Å². The van der Waals surface area contributed by atoms with Crippen molar-refractivity contribution in [3.05, 3.63) is 133 Å². The van der Waals surface area contributed by atoms with Gasteiger partial charge in [0.1, 0.15) is 19.0 Å². The quantitative estimate of drug-likeness (QED) is 0.240. The second-order valence-electron chi connectivity index (χ2n) is 9.57. The highest BCUT2D eigenvalue weighted by Crippen LogP contribution is 2.39. The van der Waals surface area contributed by atoms with Gasteiger partial charge in [-0.3, -0.25) is 0 Å². The van der Waals surface area contributed by atoms with Gasteiger partial charge in [0.05, 0.1) is 0 Å². The number of benzene rings is 6. The Morgan fingerprint density at radius 2 is 1.16 bits per heavy atom. The number of hydrogen-bond donors (Lipinski definition) is 0. The Morgan fingerprint density at radius 3 is 2.08 bits per heavy atom. The van der Waals surface area contributed by atoms with Gasteiger partial charge in [-0.1, -0.05) is 84.3 Å². The van der Waals surface area contributed by atoms with Gasteiger partial charge in [-0.25, -0.2) is 0 Å². The first kappa shape index (κ1) is 21.5. The lowest BCUT2D eigenvalue weighted by Crippen LogP contribution is -2.09. The normalized spacial score (nSPS) is 11.4. The number of furan rings is 1. The van der Waals surface area contributed by atoms with Crippen LogP contribution in [0.3, 0.4) is 0 Å². The summed E-state index contributed by atoms with van der Waals surface area (Å²) >= 11 is 0. The average Bonchev–Trinajstić information content (AvgIpc) is 3.32. The van der Waals surface area contributed by atoms with Gasteiger partial charge in [0, 0.05) is 33.9 Å². The van der Waals surface area contributed by atoms with Gasteiger partial charge in [-0.15, -0.1) is 0 Å². The molecule has 0 radical (unpaired) electrons. The SMILES string of the molecule is Bc1ccc2cc(-c3cccc(N(c4ccccc4)c4ccc5c(c4)oc4ccccc45)c3)ccc2c1. The molecular formula is C34H24BNO. The number of nitrogens with zero attached hydrogens (tertiary/aromatic N) is 1. The summed E-state index contributed by atoms with van der Waals surface area (Å²) in [6.45, 7) is 0. The van der Waals surface area contributed by atoms with Crippen molar-refractivity contribution in [3.63, 3.8) is 0 Å². The lowest BCUT2D eigenvalue weighted by Gasteiger charge is -2.26. The Labute approximate surface area is 216 Å². The molecule has 0 bridgehead atoms. The smallest absolute Gasteiger partial charge is 0.139 e. The molecule has 3 heteroatoms. The maximum absolute atomic E-state index is 6.23. The van der Waals surface area contributed by atoms with E-state index in [2.05, 4.69) is 134 Å². The molecule has 0 saturated heterocycles. The summed E-state index contributed by atoms with van der Waals surface area (Å²) in [6, 6.07) is 47.3. The number of rotatable bonds is 4. The number of para-hydroxylation sites is 2. The molecule has 0 aliphatic heterocycles. The summed E-state index contributed by atoms with van der Waals surface area (Å²) in [4.78, 5) is 2.29. The fourth-order valence-corrected chi connectivity index (χ4v) is 5.25.